The molecule has 128 valence electrons. The van der Waals surface area contributed by atoms with Crippen molar-refractivity contribution in [3.8, 4) is 11.5 Å². The molecule has 0 unspecified atom stereocenters. The first-order valence-corrected chi connectivity index (χ1v) is 8.04. The molecular formula is C17H27N3O3. The fourth-order valence-corrected chi connectivity index (χ4v) is 2.86. The molecule has 1 aliphatic rings. The van der Waals surface area contributed by atoms with Crippen molar-refractivity contribution in [3.63, 3.8) is 0 Å². The number of carbonyl (C=O) groups is 1. The summed E-state index contributed by atoms with van der Waals surface area (Å²) < 4.78 is 11.0. The molecule has 23 heavy (non-hydrogen) atoms. The summed E-state index contributed by atoms with van der Waals surface area (Å²) in [7, 11) is 5.55. The van der Waals surface area contributed by atoms with Crippen molar-refractivity contribution in [2.45, 2.75) is 25.9 Å². The van der Waals surface area contributed by atoms with E-state index in [0.29, 0.717) is 24.7 Å². The molecule has 1 saturated heterocycles. The highest BCUT2D eigenvalue weighted by atomic mass is 16.5. The van der Waals surface area contributed by atoms with Crippen molar-refractivity contribution in [2.75, 3.05) is 40.9 Å². The predicted octanol–water partition coefficient (Wildman–Crippen LogP) is 1.94. The highest BCUT2D eigenvalue weighted by molar-refractivity contribution is 5.74. The first kappa shape index (κ1) is 17.4. The minimum atomic E-state index is -0.0597. The van der Waals surface area contributed by atoms with E-state index in [4.69, 9.17) is 9.47 Å². The molecule has 0 bridgehead atoms. The Morgan fingerprint density at radius 3 is 2.87 bits per heavy atom. The molecule has 1 aliphatic heterocycles. The molecule has 6 nitrogen and oxygen atoms in total. The van der Waals surface area contributed by atoms with Crippen LogP contribution in [-0.4, -0.2) is 62.8 Å². The number of carbonyl (C=O) groups excluding carboxylic acids is 1. The van der Waals surface area contributed by atoms with Gasteiger partial charge in [0.25, 0.3) is 0 Å². The van der Waals surface area contributed by atoms with Gasteiger partial charge in [-0.05, 0) is 33.0 Å². The van der Waals surface area contributed by atoms with Gasteiger partial charge in [0, 0.05) is 31.7 Å². The van der Waals surface area contributed by atoms with Gasteiger partial charge in [-0.2, -0.15) is 0 Å². The molecule has 6 heteroatoms. The van der Waals surface area contributed by atoms with E-state index in [0.717, 1.165) is 25.1 Å². The van der Waals surface area contributed by atoms with Crippen LogP contribution < -0.4 is 14.8 Å². The Balaban J connectivity index is 1.98. The van der Waals surface area contributed by atoms with Crippen LogP contribution in [0.15, 0.2) is 18.2 Å². The van der Waals surface area contributed by atoms with Crippen LogP contribution in [0, 0.1) is 0 Å². The quantitative estimate of drug-likeness (QED) is 0.870. The van der Waals surface area contributed by atoms with Crippen LogP contribution in [0.2, 0.25) is 0 Å². The van der Waals surface area contributed by atoms with Gasteiger partial charge in [-0.15, -0.1) is 0 Å². The van der Waals surface area contributed by atoms with Crippen LogP contribution in [0.25, 0.3) is 0 Å². The zero-order chi connectivity index (χ0) is 16.8. The van der Waals surface area contributed by atoms with Gasteiger partial charge in [0.05, 0.1) is 13.7 Å². The van der Waals surface area contributed by atoms with E-state index in [-0.39, 0.29) is 12.1 Å². The van der Waals surface area contributed by atoms with Gasteiger partial charge in [-0.1, -0.05) is 12.1 Å². The van der Waals surface area contributed by atoms with Gasteiger partial charge in [0.15, 0.2) is 11.5 Å². The summed E-state index contributed by atoms with van der Waals surface area (Å²) in [6, 6.07) is 5.92. The van der Waals surface area contributed by atoms with Crippen molar-refractivity contribution in [3.05, 3.63) is 23.8 Å². The number of rotatable bonds is 6. The molecule has 1 atom stereocenters. The summed E-state index contributed by atoms with van der Waals surface area (Å²) in [5.74, 6) is 1.38. The molecule has 1 N–H and O–H groups in total. The van der Waals surface area contributed by atoms with Gasteiger partial charge in [-0.25, -0.2) is 4.79 Å². The Morgan fingerprint density at radius 2 is 2.26 bits per heavy atom. The Labute approximate surface area is 138 Å². The number of ether oxygens (including phenoxy) is 2. The summed E-state index contributed by atoms with van der Waals surface area (Å²) in [6.45, 7) is 4.85. The lowest BCUT2D eigenvalue weighted by atomic mass is 10.2. The number of methoxy groups -OCH3 is 1. The normalized spacial score (nSPS) is 17.8. The molecule has 0 radical (unpaired) electrons. The van der Waals surface area contributed by atoms with Gasteiger partial charge in [0.2, 0.25) is 0 Å². The van der Waals surface area contributed by atoms with Crippen LogP contribution in [0.5, 0.6) is 11.5 Å². The summed E-state index contributed by atoms with van der Waals surface area (Å²) in [5, 5.41) is 2.97. The van der Waals surface area contributed by atoms with E-state index in [2.05, 4.69) is 17.3 Å². The topological polar surface area (TPSA) is 54.0 Å². The minimum absolute atomic E-state index is 0.0597. The van der Waals surface area contributed by atoms with Crippen molar-refractivity contribution < 1.29 is 14.3 Å². The predicted molar refractivity (Wildman–Crippen MR) is 90.1 cm³/mol. The van der Waals surface area contributed by atoms with E-state index in [1.165, 1.54) is 0 Å². The Morgan fingerprint density at radius 1 is 1.48 bits per heavy atom. The number of likely N-dealkylation sites (tertiary alicyclic amines) is 1. The number of hydrogen-bond donors (Lipinski definition) is 1. The highest BCUT2D eigenvalue weighted by Crippen LogP contribution is 2.31. The molecule has 0 aromatic heterocycles. The van der Waals surface area contributed by atoms with Crippen molar-refractivity contribution in [1.82, 2.24) is 15.1 Å². The monoisotopic (exact) mass is 321 g/mol. The SMILES string of the molecule is CCOc1c(CNC(=O)N(C)[C@@H]2CCN(C)C2)cccc1OC. The maximum absolute atomic E-state index is 12.4. The maximum atomic E-state index is 12.4. The summed E-state index contributed by atoms with van der Waals surface area (Å²) >= 11 is 0. The number of amides is 2. The van der Waals surface area contributed by atoms with Crippen LogP contribution in [0.1, 0.15) is 18.9 Å². The Kier molecular flexibility index (Phi) is 6.10. The maximum Gasteiger partial charge on any atom is 0.317 e. The second-order valence-electron chi connectivity index (χ2n) is 5.86. The lowest BCUT2D eigenvalue weighted by molar-refractivity contribution is 0.190. The van der Waals surface area contributed by atoms with Crippen molar-refractivity contribution in [2.24, 2.45) is 0 Å². The fraction of sp³-hybridized carbons (Fsp3) is 0.588. The molecule has 0 saturated carbocycles. The summed E-state index contributed by atoms with van der Waals surface area (Å²) in [6.07, 6.45) is 1.02. The van der Waals surface area contributed by atoms with Crippen LogP contribution in [0.3, 0.4) is 0 Å². The van der Waals surface area contributed by atoms with Crippen molar-refractivity contribution >= 4 is 6.03 Å². The van der Waals surface area contributed by atoms with Gasteiger partial charge < -0.3 is 24.6 Å². The third-order valence-electron chi connectivity index (χ3n) is 4.23. The Bertz CT molecular complexity index is 536. The van der Waals surface area contributed by atoms with E-state index >= 15 is 0 Å². The molecular weight excluding hydrogens is 294 g/mol. The fourth-order valence-electron chi connectivity index (χ4n) is 2.86. The third kappa shape index (κ3) is 4.28. The van der Waals surface area contributed by atoms with Crippen LogP contribution >= 0.6 is 0 Å². The molecule has 0 spiro atoms. The minimum Gasteiger partial charge on any atom is -0.493 e. The largest absolute Gasteiger partial charge is 0.493 e. The lowest BCUT2D eigenvalue weighted by Crippen LogP contribution is -2.44. The molecule has 1 aromatic carbocycles. The van der Waals surface area contributed by atoms with E-state index in [1.54, 1.807) is 12.0 Å². The number of benzene rings is 1. The average Bonchev–Trinajstić information content (AvgIpc) is 2.99. The number of para-hydroxylation sites is 1. The molecule has 1 fully saturated rings. The molecule has 1 aromatic rings. The first-order chi connectivity index (χ1) is 11.1. The molecule has 2 rings (SSSR count). The van der Waals surface area contributed by atoms with E-state index in [1.807, 2.05) is 32.2 Å². The zero-order valence-corrected chi connectivity index (χ0v) is 14.5. The number of hydrogen-bond acceptors (Lipinski definition) is 4. The van der Waals surface area contributed by atoms with Crippen molar-refractivity contribution in [1.29, 1.82) is 0 Å². The van der Waals surface area contributed by atoms with E-state index in [9.17, 15) is 4.79 Å². The molecule has 2 amide bonds. The summed E-state index contributed by atoms with van der Waals surface area (Å²) in [5.41, 5.74) is 0.913. The van der Waals surface area contributed by atoms with Crippen LogP contribution in [-0.2, 0) is 6.54 Å². The standard InChI is InChI=1S/C17H27N3O3/c1-5-23-16-13(7-6-8-15(16)22-4)11-18-17(21)20(3)14-9-10-19(2)12-14/h6-8,14H,5,9-12H2,1-4H3,(H,18,21)/t14-/m1/s1. The number of urea groups is 1. The van der Waals surface area contributed by atoms with Crippen LogP contribution in [0.4, 0.5) is 4.79 Å². The molecule has 1 heterocycles. The molecule has 0 aliphatic carbocycles. The van der Waals surface area contributed by atoms with Gasteiger partial charge >= 0.3 is 6.03 Å². The van der Waals surface area contributed by atoms with Gasteiger partial charge in [0.1, 0.15) is 0 Å². The van der Waals surface area contributed by atoms with E-state index < -0.39 is 0 Å². The lowest BCUT2D eigenvalue weighted by Gasteiger charge is -2.25. The zero-order valence-electron chi connectivity index (χ0n) is 14.5. The summed E-state index contributed by atoms with van der Waals surface area (Å²) in [4.78, 5) is 16.4. The number of nitrogens with zero attached hydrogens (tertiary/aromatic N) is 2. The Hall–Kier alpha value is -1.95. The second kappa shape index (κ2) is 8.06. The first-order valence-electron chi connectivity index (χ1n) is 8.04. The smallest absolute Gasteiger partial charge is 0.317 e. The third-order valence-corrected chi connectivity index (χ3v) is 4.23. The number of nitrogens with one attached hydrogen (secondary N) is 1. The average molecular weight is 321 g/mol. The van der Waals surface area contributed by atoms with Gasteiger partial charge in [-0.3, -0.25) is 0 Å². The second-order valence-corrected chi connectivity index (χ2v) is 5.86. The number of likely N-dealkylation sites (N-methyl/N-ethyl adjacent to an activating group) is 2. The highest BCUT2D eigenvalue weighted by Gasteiger charge is 2.26.